The summed E-state index contributed by atoms with van der Waals surface area (Å²) < 4.78 is 11.3. The number of rotatable bonds is 8. The first-order valence-electron chi connectivity index (χ1n) is 7.83. The maximum atomic E-state index is 5.94. The van der Waals surface area contributed by atoms with Gasteiger partial charge in [-0.2, -0.15) is 0 Å². The van der Waals surface area contributed by atoms with Crippen LogP contribution in [0.4, 0.5) is 0 Å². The van der Waals surface area contributed by atoms with Crippen LogP contribution in [0.3, 0.4) is 0 Å². The molecule has 0 amide bonds. The van der Waals surface area contributed by atoms with Gasteiger partial charge in [0, 0.05) is 19.6 Å². The summed E-state index contributed by atoms with van der Waals surface area (Å²) in [4.78, 5) is 2.42. The van der Waals surface area contributed by atoms with Crippen LogP contribution in [0, 0.1) is 11.3 Å². The minimum absolute atomic E-state index is 0.374. The molecule has 1 unspecified atom stereocenters. The summed E-state index contributed by atoms with van der Waals surface area (Å²) in [6.07, 6.45) is 2.77. The van der Waals surface area contributed by atoms with Crippen molar-refractivity contribution >= 4 is 0 Å². The molecule has 3 nitrogen and oxygen atoms in total. The van der Waals surface area contributed by atoms with Gasteiger partial charge in [0.05, 0.1) is 25.9 Å². The topological polar surface area (TPSA) is 21.7 Å². The van der Waals surface area contributed by atoms with E-state index in [1.165, 1.54) is 6.42 Å². The van der Waals surface area contributed by atoms with Crippen LogP contribution < -0.4 is 0 Å². The highest BCUT2D eigenvalue weighted by atomic mass is 16.5. The highest BCUT2D eigenvalue weighted by Crippen LogP contribution is 2.32. The second-order valence-electron chi connectivity index (χ2n) is 6.82. The van der Waals surface area contributed by atoms with Crippen LogP contribution in [0.1, 0.15) is 47.5 Å². The highest BCUT2D eigenvalue weighted by Gasteiger charge is 2.22. The van der Waals surface area contributed by atoms with Gasteiger partial charge in [-0.05, 0) is 31.1 Å². The molecule has 0 aromatic rings. The summed E-state index contributed by atoms with van der Waals surface area (Å²) in [5.74, 6) is 0.730. The van der Waals surface area contributed by atoms with Crippen molar-refractivity contribution in [3.05, 3.63) is 0 Å². The van der Waals surface area contributed by atoms with Gasteiger partial charge in [-0.1, -0.05) is 27.7 Å². The van der Waals surface area contributed by atoms with E-state index in [4.69, 9.17) is 9.47 Å². The van der Waals surface area contributed by atoms with E-state index in [1.54, 1.807) is 0 Å². The van der Waals surface area contributed by atoms with Crippen LogP contribution in [-0.4, -0.2) is 50.5 Å². The van der Waals surface area contributed by atoms with Gasteiger partial charge in [0.2, 0.25) is 0 Å². The van der Waals surface area contributed by atoms with Crippen LogP contribution >= 0.6 is 0 Å². The quantitative estimate of drug-likeness (QED) is 0.677. The predicted octanol–water partition coefficient (Wildman–Crippen LogP) is 3.19. The van der Waals surface area contributed by atoms with Crippen LogP contribution in [0.15, 0.2) is 0 Å². The molecular formula is C16H33NO2. The van der Waals surface area contributed by atoms with Crippen LogP contribution in [0.5, 0.6) is 0 Å². The van der Waals surface area contributed by atoms with Gasteiger partial charge < -0.3 is 9.47 Å². The van der Waals surface area contributed by atoms with Crippen LogP contribution in [0.2, 0.25) is 0 Å². The molecule has 0 aromatic carbocycles. The molecule has 1 saturated heterocycles. The molecule has 1 rings (SSSR count). The zero-order valence-electron chi connectivity index (χ0n) is 13.6. The minimum Gasteiger partial charge on any atom is -0.379 e. The summed E-state index contributed by atoms with van der Waals surface area (Å²) in [6.45, 7) is 17.3. The zero-order valence-corrected chi connectivity index (χ0v) is 13.6. The molecule has 0 spiro atoms. The van der Waals surface area contributed by atoms with E-state index in [1.807, 2.05) is 0 Å². The van der Waals surface area contributed by atoms with E-state index >= 15 is 0 Å². The Morgan fingerprint density at radius 3 is 2.37 bits per heavy atom. The predicted molar refractivity (Wildman–Crippen MR) is 80.5 cm³/mol. The first-order valence-corrected chi connectivity index (χ1v) is 7.83. The van der Waals surface area contributed by atoms with Crippen molar-refractivity contribution in [3.8, 4) is 0 Å². The third-order valence-corrected chi connectivity index (χ3v) is 4.67. The fourth-order valence-corrected chi connectivity index (χ4v) is 2.16. The van der Waals surface area contributed by atoms with E-state index in [9.17, 15) is 0 Å². The van der Waals surface area contributed by atoms with Crippen molar-refractivity contribution in [1.82, 2.24) is 4.90 Å². The molecule has 1 fully saturated rings. The van der Waals surface area contributed by atoms with Crippen molar-refractivity contribution in [2.45, 2.75) is 53.6 Å². The van der Waals surface area contributed by atoms with Gasteiger partial charge in [0.25, 0.3) is 0 Å². The molecule has 114 valence electrons. The Kier molecular flexibility index (Phi) is 7.33. The Bertz CT molecular complexity index is 235. The molecule has 1 heterocycles. The van der Waals surface area contributed by atoms with Gasteiger partial charge in [-0.25, -0.2) is 0 Å². The summed E-state index contributed by atoms with van der Waals surface area (Å²) in [6, 6.07) is 0. The Hall–Kier alpha value is -0.120. The average molecular weight is 271 g/mol. The Morgan fingerprint density at radius 1 is 1.16 bits per heavy atom. The number of hydrogen-bond donors (Lipinski definition) is 0. The number of ether oxygens (including phenoxy) is 2. The fourth-order valence-electron chi connectivity index (χ4n) is 2.16. The molecule has 1 aliphatic rings. The maximum absolute atomic E-state index is 5.94. The largest absolute Gasteiger partial charge is 0.379 e. The maximum Gasteiger partial charge on any atom is 0.0597 e. The average Bonchev–Trinajstić information content (AvgIpc) is 2.37. The minimum atomic E-state index is 0.374. The number of nitrogens with zero attached hydrogens (tertiary/aromatic N) is 1. The first kappa shape index (κ1) is 16.9. The Morgan fingerprint density at radius 2 is 1.79 bits per heavy atom. The summed E-state index contributed by atoms with van der Waals surface area (Å²) in [5.41, 5.74) is 0.418. The lowest BCUT2D eigenvalue weighted by Gasteiger charge is -2.31. The first-order chi connectivity index (χ1) is 8.92. The van der Waals surface area contributed by atoms with Crippen molar-refractivity contribution in [2.24, 2.45) is 11.3 Å². The van der Waals surface area contributed by atoms with Crippen molar-refractivity contribution < 1.29 is 9.47 Å². The third-order valence-electron chi connectivity index (χ3n) is 4.67. The molecular weight excluding hydrogens is 238 g/mol. The molecule has 0 saturated carbocycles. The van der Waals surface area contributed by atoms with E-state index < -0.39 is 0 Å². The zero-order chi connectivity index (χ0) is 14.3. The Labute approximate surface area is 119 Å². The summed E-state index contributed by atoms with van der Waals surface area (Å²) in [5, 5.41) is 0. The second-order valence-corrected chi connectivity index (χ2v) is 6.82. The number of morpholine rings is 1. The molecule has 3 heteroatoms. The molecule has 0 radical (unpaired) electrons. The molecule has 1 atom stereocenters. The van der Waals surface area contributed by atoms with Gasteiger partial charge in [-0.3, -0.25) is 4.90 Å². The second kappa shape index (κ2) is 8.23. The third kappa shape index (κ3) is 6.73. The van der Waals surface area contributed by atoms with E-state index in [0.717, 1.165) is 51.8 Å². The van der Waals surface area contributed by atoms with Gasteiger partial charge >= 0.3 is 0 Å². The monoisotopic (exact) mass is 271 g/mol. The van der Waals surface area contributed by atoms with Gasteiger partial charge in [0.15, 0.2) is 0 Å². The lowest BCUT2D eigenvalue weighted by molar-refractivity contribution is 0.000697. The van der Waals surface area contributed by atoms with E-state index in [2.05, 4.69) is 39.5 Å². The molecule has 0 bridgehead atoms. The molecule has 19 heavy (non-hydrogen) atoms. The SMILES string of the molecule is CC(CCC(C)(C)C(C)C)OCCN1CCOCC1. The van der Waals surface area contributed by atoms with Crippen molar-refractivity contribution in [3.63, 3.8) is 0 Å². The summed E-state index contributed by atoms with van der Waals surface area (Å²) >= 11 is 0. The standard InChI is InChI=1S/C16H33NO2/c1-14(2)16(4,5)7-6-15(3)19-13-10-17-8-11-18-12-9-17/h14-15H,6-13H2,1-5H3. The lowest BCUT2D eigenvalue weighted by Crippen LogP contribution is -2.38. The fraction of sp³-hybridized carbons (Fsp3) is 1.00. The summed E-state index contributed by atoms with van der Waals surface area (Å²) in [7, 11) is 0. The normalized spacial score (nSPS) is 19.9. The lowest BCUT2D eigenvalue weighted by atomic mass is 9.77. The van der Waals surface area contributed by atoms with Gasteiger partial charge in [-0.15, -0.1) is 0 Å². The number of hydrogen-bond acceptors (Lipinski definition) is 3. The van der Waals surface area contributed by atoms with Crippen molar-refractivity contribution in [2.75, 3.05) is 39.5 Å². The van der Waals surface area contributed by atoms with Crippen LogP contribution in [-0.2, 0) is 9.47 Å². The van der Waals surface area contributed by atoms with Crippen molar-refractivity contribution in [1.29, 1.82) is 0 Å². The molecule has 1 aliphatic heterocycles. The van der Waals surface area contributed by atoms with E-state index in [-0.39, 0.29) is 0 Å². The molecule has 0 N–H and O–H groups in total. The van der Waals surface area contributed by atoms with Crippen LogP contribution in [0.25, 0.3) is 0 Å². The van der Waals surface area contributed by atoms with E-state index in [0.29, 0.717) is 11.5 Å². The highest BCUT2D eigenvalue weighted by molar-refractivity contribution is 4.73. The Balaban J connectivity index is 2.08. The van der Waals surface area contributed by atoms with Gasteiger partial charge in [0.1, 0.15) is 0 Å². The molecule has 0 aliphatic carbocycles. The molecule has 0 aromatic heterocycles. The smallest absolute Gasteiger partial charge is 0.0597 e.